The summed E-state index contributed by atoms with van der Waals surface area (Å²) in [7, 11) is 0. The second-order valence-corrected chi connectivity index (χ2v) is 19.5. The van der Waals surface area contributed by atoms with Crippen LogP contribution in [0, 0.1) is 0 Å². The number of nitrogens with one attached hydrogen (secondary N) is 5. The molecule has 4 atom stereocenters. The molecule has 26 nitrogen and oxygen atoms in total. The van der Waals surface area contributed by atoms with E-state index in [1.54, 1.807) is 47.3 Å². The average Bonchev–Trinajstić information content (AvgIpc) is 4.24. The van der Waals surface area contributed by atoms with Gasteiger partial charge < -0.3 is 50.7 Å². The number of aromatic nitrogens is 3. The number of unbranched alkanes of at least 4 members (excludes halogenated alkanes) is 1. The van der Waals surface area contributed by atoms with Crippen LogP contribution in [0.15, 0.2) is 88.3 Å². The number of azide groups is 1. The van der Waals surface area contributed by atoms with Gasteiger partial charge in [0.25, 0.3) is 17.7 Å². The van der Waals surface area contributed by atoms with E-state index in [2.05, 4.69) is 57.2 Å². The van der Waals surface area contributed by atoms with Crippen molar-refractivity contribution in [3.05, 3.63) is 106 Å². The van der Waals surface area contributed by atoms with Crippen LogP contribution in [-0.2, 0) is 57.6 Å². The highest BCUT2D eigenvalue weighted by Crippen LogP contribution is 2.33. The zero-order valence-corrected chi connectivity index (χ0v) is 43.6. The molecule has 4 aromatic rings. The number of aromatic hydroxyl groups is 1. The number of nitrogens with zero attached hydrogens (tertiary/aromatic N) is 9. The van der Waals surface area contributed by atoms with Crippen molar-refractivity contribution in [2.24, 2.45) is 15.3 Å². The van der Waals surface area contributed by atoms with E-state index < -0.39 is 23.8 Å². The van der Waals surface area contributed by atoms with Crippen molar-refractivity contribution in [2.45, 2.75) is 94.1 Å². The molecule has 0 aliphatic carbocycles. The summed E-state index contributed by atoms with van der Waals surface area (Å²) in [6.45, 7) is 3.37. The molecule has 0 radical (unpaired) electrons. The van der Waals surface area contributed by atoms with Gasteiger partial charge in [-0.15, -0.1) is 15.3 Å². The predicted octanol–water partition coefficient (Wildman–Crippen LogP) is 4.93. The smallest absolute Gasteiger partial charge is 0.363 e. The minimum Gasteiger partial charge on any atom is -0.506 e. The number of carbonyl (C=O) groups excluding carboxylic acids is 7. The Morgan fingerprint density at radius 3 is 2.22 bits per heavy atom. The molecule has 4 heterocycles. The van der Waals surface area contributed by atoms with E-state index >= 15 is 0 Å². The zero-order valence-electron chi connectivity index (χ0n) is 42.8. The Morgan fingerprint density at radius 2 is 1.50 bits per heavy atom. The molecule has 0 spiro atoms. The Morgan fingerprint density at radius 1 is 0.821 bits per heavy atom. The van der Waals surface area contributed by atoms with E-state index in [0.717, 1.165) is 24.2 Å². The summed E-state index contributed by atoms with van der Waals surface area (Å²) in [4.78, 5) is 94.7. The summed E-state index contributed by atoms with van der Waals surface area (Å²) in [6.07, 6.45) is 5.82. The topological polar surface area (TPSA) is 344 Å². The number of phenolic OH excluding ortho intramolecular Hbond substituents is 1. The number of fused-ring (bicyclic) bond motifs is 1. The predicted molar refractivity (Wildman–Crippen MR) is 281 cm³/mol. The van der Waals surface area contributed by atoms with Crippen molar-refractivity contribution in [1.82, 2.24) is 46.6 Å². The number of carbonyl (C=O) groups is 7. The van der Waals surface area contributed by atoms with Crippen LogP contribution in [0.1, 0.15) is 83.3 Å². The molecule has 3 aliphatic heterocycles. The van der Waals surface area contributed by atoms with Crippen LogP contribution in [0.25, 0.3) is 10.4 Å². The first kappa shape index (κ1) is 57.7. The lowest BCUT2D eigenvalue weighted by Crippen LogP contribution is -2.48. The highest BCUT2D eigenvalue weighted by molar-refractivity contribution is 8.00. The molecule has 3 saturated heterocycles. The number of urea groups is 1. The third kappa shape index (κ3) is 18.1. The average molecular weight is 1100 g/mol. The Kier molecular flexibility index (Phi) is 22.3. The third-order valence-electron chi connectivity index (χ3n) is 12.5. The maximum absolute atomic E-state index is 13.6. The number of rotatable bonds is 32. The molecule has 78 heavy (non-hydrogen) atoms. The van der Waals surface area contributed by atoms with Crippen LogP contribution in [0.5, 0.6) is 5.75 Å². The summed E-state index contributed by atoms with van der Waals surface area (Å²) in [6, 6.07) is 16.2. The van der Waals surface area contributed by atoms with E-state index in [4.69, 9.17) is 24.6 Å². The highest BCUT2D eigenvalue weighted by Gasteiger charge is 2.42. The Bertz CT molecular complexity index is 2780. The van der Waals surface area contributed by atoms with Crippen molar-refractivity contribution in [3.8, 4) is 5.75 Å². The second-order valence-electron chi connectivity index (χ2n) is 18.3. The minimum absolute atomic E-state index is 0.0195. The summed E-state index contributed by atoms with van der Waals surface area (Å²) >= 11 is 1.82. The van der Waals surface area contributed by atoms with Crippen molar-refractivity contribution in [2.75, 3.05) is 58.5 Å². The van der Waals surface area contributed by atoms with Gasteiger partial charge in [-0.2, -0.15) is 16.9 Å². The molecule has 7 amide bonds. The zero-order chi connectivity index (χ0) is 55.1. The fraction of sp³-hybridized carbons (Fsp3) is 0.471. The summed E-state index contributed by atoms with van der Waals surface area (Å²) < 4.78 is 18.5. The van der Waals surface area contributed by atoms with E-state index in [-0.39, 0.29) is 83.8 Å². The van der Waals surface area contributed by atoms with Gasteiger partial charge in [-0.1, -0.05) is 34.9 Å². The fourth-order valence-electron chi connectivity index (χ4n) is 8.38. The number of hydrogen-bond donors (Lipinski definition) is 6. The van der Waals surface area contributed by atoms with Crippen LogP contribution >= 0.6 is 11.8 Å². The van der Waals surface area contributed by atoms with Crippen LogP contribution in [-0.4, -0.2) is 149 Å². The van der Waals surface area contributed by atoms with Crippen molar-refractivity contribution in [3.63, 3.8) is 0 Å². The molecule has 2 unspecified atom stereocenters. The first-order chi connectivity index (χ1) is 37.9. The standard InChI is InChI=1S/C51H62N14O12S/c52-62-59-37-12-8-34(9-13-37)48(70)53-20-3-23-74-25-27-76-28-26-75-24-4-21-54-49(71)40(55-44(67)6-2-1-5-43-47-41(32-78-43)56-51(73)57-47)30-38-31-64(63-60-38)22-19-33-7-16-42(66)39(29-33)61-58-36-14-10-35(11-15-36)50(72)77-65-45(68)17-18-46(65)69/h7-16,29,31,40-41,43,47,66H,1-6,17-28,30,32H2,(H,53,70)(H,54,71)(H,55,67)(H2,56,57,73)/t40?,41-,43?,47-/m1/s1. The Hall–Kier alpha value is -7.97. The van der Waals surface area contributed by atoms with Gasteiger partial charge in [-0.25, -0.2) is 9.59 Å². The lowest BCUT2D eigenvalue weighted by molar-refractivity contribution is -0.172. The number of azo groups is 1. The molecule has 27 heteroatoms. The Labute approximate surface area is 452 Å². The van der Waals surface area contributed by atoms with E-state index in [9.17, 15) is 38.7 Å². The lowest BCUT2D eigenvalue weighted by Gasteiger charge is -2.18. The van der Waals surface area contributed by atoms with Crippen LogP contribution in [0.3, 0.4) is 0 Å². The van der Waals surface area contributed by atoms with Gasteiger partial charge in [0.1, 0.15) is 17.5 Å². The number of phenols is 1. The normalized spacial score (nSPS) is 17.1. The molecular formula is C51H62N14O12S. The van der Waals surface area contributed by atoms with Crippen molar-refractivity contribution >= 4 is 70.4 Å². The SMILES string of the molecule is [N-]=[N+]=Nc1ccc(C(=O)NCCCOCCOCCOCCCNC(=O)C(Cc2cn(CCc3ccc(O)c(N=Nc4ccc(C(=O)ON5C(=O)CCC5=O)cc4)c3)nn2)NC(=O)CCCCC2SC[C@H]3NC(=O)N[C@@H]23)cc1. The first-order valence-corrected chi connectivity index (χ1v) is 26.7. The number of ether oxygens (including phenoxy) is 3. The number of benzene rings is 3. The first-order valence-electron chi connectivity index (χ1n) is 25.7. The van der Waals surface area contributed by atoms with E-state index in [0.29, 0.717) is 113 Å². The van der Waals surface area contributed by atoms with E-state index in [1.165, 1.54) is 30.3 Å². The van der Waals surface area contributed by atoms with Crippen LogP contribution in [0.4, 0.5) is 21.9 Å². The second kappa shape index (κ2) is 30.1. The maximum atomic E-state index is 13.6. The molecule has 414 valence electrons. The molecule has 0 bridgehead atoms. The minimum atomic E-state index is -0.930. The monoisotopic (exact) mass is 1090 g/mol. The maximum Gasteiger partial charge on any atom is 0.363 e. The fourth-order valence-corrected chi connectivity index (χ4v) is 9.92. The van der Waals surface area contributed by atoms with Crippen LogP contribution in [0.2, 0.25) is 0 Å². The van der Waals surface area contributed by atoms with Gasteiger partial charge in [-0.05, 0) is 91.7 Å². The highest BCUT2D eigenvalue weighted by atomic mass is 32.2. The van der Waals surface area contributed by atoms with Gasteiger partial charge in [0.15, 0.2) is 0 Å². The molecule has 1 aromatic heterocycles. The summed E-state index contributed by atoms with van der Waals surface area (Å²) in [5.41, 5.74) is 11.3. The number of amides is 7. The number of thioether (sulfide) groups is 1. The quantitative estimate of drug-likeness (QED) is 0.00943. The number of hydroxylamine groups is 2. The van der Waals surface area contributed by atoms with Crippen LogP contribution < -0.4 is 26.6 Å². The number of aryl methyl sites for hydroxylation is 2. The Balaban J connectivity index is 0.809. The van der Waals surface area contributed by atoms with Crippen molar-refractivity contribution in [1.29, 1.82) is 0 Å². The van der Waals surface area contributed by atoms with Gasteiger partial charge in [0.2, 0.25) is 11.8 Å². The van der Waals surface area contributed by atoms with Gasteiger partial charge in [-0.3, -0.25) is 28.7 Å². The third-order valence-corrected chi connectivity index (χ3v) is 14.0. The van der Waals surface area contributed by atoms with Gasteiger partial charge in [0, 0.05) is 91.9 Å². The molecule has 3 aromatic carbocycles. The summed E-state index contributed by atoms with van der Waals surface area (Å²) in [5, 5.41) is 46.2. The molecule has 3 aliphatic rings. The number of hydrogen-bond acceptors (Lipinski definition) is 18. The molecule has 7 rings (SSSR count). The lowest BCUT2D eigenvalue weighted by atomic mass is 10.0. The molecule has 3 fully saturated rings. The molecule has 0 saturated carbocycles. The molecular weight excluding hydrogens is 1030 g/mol. The van der Waals surface area contributed by atoms with Gasteiger partial charge >= 0.3 is 12.0 Å². The number of imide groups is 1. The summed E-state index contributed by atoms with van der Waals surface area (Å²) in [5.74, 6) is -2.18. The molecule has 6 N–H and O–H groups in total. The van der Waals surface area contributed by atoms with Crippen molar-refractivity contribution < 1.29 is 57.7 Å². The van der Waals surface area contributed by atoms with Gasteiger partial charge in [0.05, 0.1) is 55.5 Å². The largest absolute Gasteiger partial charge is 0.506 e. The van der Waals surface area contributed by atoms with E-state index in [1.807, 2.05) is 11.8 Å².